The van der Waals surface area contributed by atoms with E-state index in [4.69, 9.17) is 26.8 Å². The molecule has 0 unspecified atom stereocenters. The molecule has 9 heteroatoms. The molecular formula is C22H17ClFN3O4. The Morgan fingerprint density at radius 2 is 2.03 bits per heavy atom. The van der Waals surface area contributed by atoms with Crippen LogP contribution in [0.2, 0.25) is 5.02 Å². The molecular weight excluding hydrogens is 425 g/mol. The Morgan fingerprint density at radius 3 is 2.74 bits per heavy atom. The number of carbonyl (C=O) groups excluding carboxylic acids is 1. The van der Waals surface area contributed by atoms with Crippen LogP contribution in [0.5, 0.6) is 11.5 Å². The number of hydrogen-bond acceptors (Lipinski definition) is 5. The summed E-state index contributed by atoms with van der Waals surface area (Å²) in [5.41, 5.74) is 5.44. The number of nitrogens with two attached hydrogens (primary N) is 1. The number of carbonyl (C=O) groups is 1. The molecule has 2 atom stereocenters. The number of halogens is 2. The van der Waals surface area contributed by atoms with Gasteiger partial charge in [0.2, 0.25) is 0 Å². The number of benzene rings is 2. The van der Waals surface area contributed by atoms with Gasteiger partial charge in [0.05, 0.1) is 18.2 Å². The summed E-state index contributed by atoms with van der Waals surface area (Å²) in [7, 11) is 1.34. The van der Waals surface area contributed by atoms with Crippen LogP contribution < -0.4 is 26.1 Å². The number of amides is 1. The Bertz CT molecular complexity index is 1310. The second-order valence-electron chi connectivity index (χ2n) is 7.35. The number of methoxy groups -OCH3 is 1. The number of rotatable bonds is 3. The number of pyridine rings is 1. The van der Waals surface area contributed by atoms with Crippen LogP contribution in [0.1, 0.15) is 27.5 Å². The van der Waals surface area contributed by atoms with E-state index in [1.165, 1.54) is 25.4 Å². The molecule has 4 N–H and O–H groups in total. The van der Waals surface area contributed by atoms with Gasteiger partial charge in [0.1, 0.15) is 11.8 Å². The smallest absolute Gasteiger partial charge is 0.255 e. The highest BCUT2D eigenvalue weighted by Crippen LogP contribution is 2.55. The zero-order valence-electron chi connectivity index (χ0n) is 16.3. The fraction of sp³-hybridized carbons (Fsp3) is 0.182. The lowest BCUT2D eigenvalue weighted by molar-refractivity contribution is 0.0544. The van der Waals surface area contributed by atoms with Crippen molar-refractivity contribution in [1.82, 2.24) is 10.3 Å². The zero-order valence-corrected chi connectivity index (χ0v) is 17.0. The maximum atomic E-state index is 15.4. The van der Waals surface area contributed by atoms with Crippen molar-refractivity contribution >= 4 is 17.5 Å². The van der Waals surface area contributed by atoms with Crippen molar-refractivity contribution < 1.29 is 18.7 Å². The molecule has 5 rings (SSSR count). The molecule has 2 aromatic carbocycles. The Hall–Kier alpha value is -3.36. The van der Waals surface area contributed by atoms with Crippen LogP contribution in [-0.4, -0.2) is 24.5 Å². The van der Waals surface area contributed by atoms with Crippen molar-refractivity contribution in [2.45, 2.75) is 11.6 Å². The predicted octanol–water partition coefficient (Wildman–Crippen LogP) is 2.87. The molecule has 0 radical (unpaired) electrons. The number of aromatic nitrogens is 1. The first-order valence-electron chi connectivity index (χ1n) is 9.50. The summed E-state index contributed by atoms with van der Waals surface area (Å²) in [4.78, 5) is 28.5. The van der Waals surface area contributed by atoms with Gasteiger partial charge in [-0.05, 0) is 36.4 Å². The summed E-state index contributed by atoms with van der Waals surface area (Å²) in [6, 6.07) is 8.40. The monoisotopic (exact) mass is 441 g/mol. The quantitative estimate of drug-likeness (QED) is 0.579. The summed E-state index contributed by atoms with van der Waals surface area (Å²) in [5, 5.41) is 3.12. The maximum Gasteiger partial charge on any atom is 0.255 e. The minimum Gasteiger partial charge on any atom is -0.494 e. The highest BCUT2D eigenvalue weighted by Gasteiger charge is 2.54. The third kappa shape index (κ3) is 2.55. The van der Waals surface area contributed by atoms with Crippen molar-refractivity contribution in [3.63, 3.8) is 0 Å². The van der Waals surface area contributed by atoms with Gasteiger partial charge in [-0.25, -0.2) is 4.39 Å². The Labute approximate surface area is 180 Å². The average molecular weight is 442 g/mol. The fourth-order valence-electron chi connectivity index (χ4n) is 4.47. The van der Waals surface area contributed by atoms with Crippen LogP contribution in [-0.2, 0) is 5.60 Å². The Balaban J connectivity index is 1.87. The van der Waals surface area contributed by atoms with E-state index in [0.717, 1.165) is 0 Å². The summed E-state index contributed by atoms with van der Waals surface area (Å²) in [6.07, 6.45) is 1.49. The number of ether oxygens (including phenoxy) is 2. The van der Waals surface area contributed by atoms with Crippen LogP contribution in [0, 0.1) is 5.82 Å². The standard InChI is InChI=1S/C22H17ClFN3O4/c1-30-14-6-4-10-15(18(14)24)16-12(23)5-7-13-17(16)19(27-20(10)28)22(9-25,31-13)11-3-2-8-26-21(11)29/h2-8,19H,9,25H2,1H3,(H,26,29)(H,27,28)/t19-,22+/m0/s1. The number of nitrogens with one attached hydrogen (secondary N) is 2. The molecule has 0 saturated heterocycles. The van der Waals surface area contributed by atoms with Gasteiger partial charge in [0.25, 0.3) is 11.5 Å². The van der Waals surface area contributed by atoms with Crippen LogP contribution in [0.15, 0.2) is 47.4 Å². The fourth-order valence-corrected chi connectivity index (χ4v) is 4.73. The largest absolute Gasteiger partial charge is 0.494 e. The third-order valence-corrected chi connectivity index (χ3v) is 6.19. The van der Waals surface area contributed by atoms with E-state index >= 15 is 4.39 Å². The number of fused-ring (bicyclic) bond motifs is 2. The molecule has 31 heavy (non-hydrogen) atoms. The van der Waals surface area contributed by atoms with Gasteiger partial charge in [0, 0.05) is 34.5 Å². The summed E-state index contributed by atoms with van der Waals surface area (Å²) in [6.45, 7) is -0.126. The molecule has 0 fully saturated rings. The zero-order chi connectivity index (χ0) is 21.9. The number of H-pyrrole nitrogens is 1. The van der Waals surface area contributed by atoms with E-state index in [9.17, 15) is 9.59 Å². The van der Waals surface area contributed by atoms with Gasteiger partial charge in [-0.15, -0.1) is 0 Å². The van der Waals surface area contributed by atoms with E-state index in [1.54, 1.807) is 24.3 Å². The number of hydrogen-bond donors (Lipinski definition) is 3. The van der Waals surface area contributed by atoms with Gasteiger partial charge in [0.15, 0.2) is 17.2 Å². The van der Waals surface area contributed by atoms with Crippen molar-refractivity contribution in [2.24, 2.45) is 5.73 Å². The maximum absolute atomic E-state index is 15.4. The molecule has 1 aromatic heterocycles. The van der Waals surface area contributed by atoms with Gasteiger partial charge < -0.3 is 25.5 Å². The third-order valence-electron chi connectivity index (χ3n) is 5.88. The number of aromatic amines is 1. The minimum atomic E-state index is -1.41. The van der Waals surface area contributed by atoms with Gasteiger partial charge >= 0.3 is 0 Å². The second kappa shape index (κ2) is 6.83. The van der Waals surface area contributed by atoms with E-state index in [1.807, 2.05) is 0 Å². The SMILES string of the molecule is COc1ccc2c(c1F)-c1c(Cl)ccc3c1[C@H](NC2=O)[C@@](CN)(c1ccc[nH]c1=O)O3. The molecule has 7 nitrogen and oxygen atoms in total. The first kappa shape index (κ1) is 19.6. The lowest BCUT2D eigenvalue weighted by atomic mass is 9.83. The highest BCUT2D eigenvalue weighted by molar-refractivity contribution is 6.34. The second-order valence-corrected chi connectivity index (χ2v) is 7.76. The first-order valence-corrected chi connectivity index (χ1v) is 9.88. The molecule has 0 bridgehead atoms. The van der Waals surface area contributed by atoms with Gasteiger partial charge in [-0.1, -0.05) is 11.6 Å². The lowest BCUT2D eigenvalue weighted by Crippen LogP contribution is -2.51. The van der Waals surface area contributed by atoms with E-state index < -0.39 is 28.9 Å². The Kier molecular flexibility index (Phi) is 4.32. The van der Waals surface area contributed by atoms with Gasteiger partial charge in [-0.2, -0.15) is 0 Å². The van der Waals surface area contributed by atoms with Crippen LogP contribution >= 0.6 is 11.6 Å². The summed E-state index contributed by atoms with van der Waals surface area (Å²) in [5.74, 6) is -0.931. The van der Waals surface area contributed by atoms with E-state index in [-0.39, 0.29) is 34.0 Å². The molecule has 0 saturated carbocycles. The summed E-state index contributed by atoms with van der Waals surface area (Å²) < 4.78 is 26.8. The highest BCUT2D eigenvalue weighted by atomic mass is 35.5. The molecule has 3 aromatic rings. The normalized spacial score (nSPS) is 20.9. The molecule has 2 aliphatic heterocycles. The van der Waals surface area contributed by atoms with Crippen molar-refractivity contribution in [3.8, 4) is 22.6 Å². The van der Waals surface area contributed by atoms with Gasteiger partial charge in [-0.3, -0.25) is 9.59 Å². The van der Waals surface area contributed by atoms with E-state index in [2.05, 4.69) is 10.3 Å². The van der Waals surface area contributed by atoms with Crippen molar-refractivity contribution in [2.75, 3.05) is 13.7 Å². The molecule has 3 heterocycles. The lowest BCUT2D eigenvalue weighted by Gasteiger charge is -2.33. The first-order chi connectivity index (χ1) is 14.9. The molecule has 1 amide bonds. The summed E-state index contributed by atoms with van der Waals surface area (Å²) >= 11 is 6.54. The van der Waals surface area contributed by atoms with Crippen molar-refractivity contribution in [1.29, 1.82) is 0 Å². The Morgan fingerprint density at radius 1 is 1.23 bits per heavy atom. The average Bonchev–Trinajstić information content (AvgIpc) is 3.00. The van der Waals surface area contributed by atoms with Crippen LogP contribution in [0.4, 0.5) is 4.39 Å². The molecule has 2 aliphatic rings. The van der Waals surface area contributed by atoms with Crippen LogP contribution in [0.25, 0.3) is 11.1 Å². The molecule has 0 spiro atoms. The molecule has 0 aliphatic carbocycles. The topological polar surface area (TPSA) is 106 Å². The van der Waals surface area contributed by atoms with E-state index in [0.29, 0.717) is 16.9 Å². The van der Waals surface area contributed by atoms with Crippen LogP contribution in [0.3, 0.4) is 0 Å². The predicted molar refractivity (Wildman–Crippen MR) is 112 cm³/mol. The van der Waals surface area contributed by atoms with Crippen molar-refractivity contribution in [3.05, 3.63) is 80.5 Å². The molecule has 158 valence electrons. The minimum absolute atomic E-state index is 0.0135.